The van der Waals surface area contributed by atoms with Gasteiger partial charge in [0.25, 0.3) is 0 Å². The predicted octanol–water partition coefficient (Wildman–Crippen LogP) is 2.82. The third-order valence-corrected chi connectivity index (χ3v) is 4.29. The first-order valence-corrected chi connectivity index (χ1v) is 8.24. The highest BCUT2D eigenvalue weighted by Crippen LogP contribution is 2.25. The number of nitrogens with one attached hydrogen (secondary N) is 1. The number of urea groups is 1. The van der Waals surface area contributed by atoms with E-state index in [0.29, 0.717) is 18.5 Å². The average molecular weight is 312 g/mol. The zero-order valence-corrected chi connectivity index (χ0v) is 13.8. The molecule has 1 aliphatic rings. The van der Waals surface area contributed by atoms with Crippen molar-refractivity contribution in [1.29, 1.82) is 0 Å². The van der Waals surface area contributed by atoms with E-state index in [9.17, 15) is 4.79 Å². The van der Waals surface area contributed by atoms with E-state index >= 15 is 0 Å². The maximum Gasteiger partial charge on any atom is 0.317 e. The summed E-state index contributed by atoms with van der Waals surface area (Å²) >= 11 is 0. The molecule has 1 aliphatic heterocycles. The summed E-state index contributed by atoms with van der Waals surface area (Å²) in [6, 6.07) is 10.6. The Morgan fingerprint density at radius 1 is 1.30 bits per heavy atom. The fraction of sp³-hybridized carbons (Fsp3) is 0.444. The molecule has 1 aromatic carbocycles. The Kier molecular flexibility index (Phi) is 4.65. The zero-order chi connectivity index (χ0) is 16.2. The monoisotopic (exact) mass is 312 g/mol. The van der Waals surface area contributed by atoms with Gasteiger partial charge in [0.1, 0.15) is 5.82 Å². The van der Waals surface area contributed by atoms with Crippen molar-refractivity contribution in [2.24, 2.45) is 0 Å². The fourth-order valence-electron chi connectivity index (χ4n) is 2.95. The summed E-state index contributed by atoms with van der Waals surface area (Å²) in [5.74, 6) is 1.50. The molecule has 1 saturated heterocycles. The van der Waals surface area contributed by atoms with Gasteiger partial charge in [-0.3, -0.25) is 0 Å². The molecule has 3 rings (SSSR count). The number of carbonyl (C=O) groups is 1. The number of benzene rings is 1. The first kappa shape index (κ1) is 15.6. The lowest BCUT2D eigenvalue weighted by Gasteiger charge is -2.40. The molecule has 2 amide bonds. The number of carbonyl (C=O) groups excluding carboxylic acids is 1. The summed E-state index contributed by atoms with van der Waals surface area (Å²) in [6.07, 6.45) is 4.73. The molecule has 0 bridgehead atoms. The van der Waals surface area contributed by atoms with Crippen molar-refractivity contribution in [2.75, 3.05) is 19.6 Å². The maximum atomic E-state index is 12.1. The predicted molar refractivity (Wildman–Crippen MR) is 90.5 cm³/mol. The molecule has 0 aliphatic carbocycles. The number of likely N-dealkylation sites (tertiary alicyclic amines) is 1. The van der Waals surface area contributed by atoms with E-state index in [1.54, 1.807) is 0 Å². The molecule has 1 aromatic heterocycles. The molecule has 0 unspecified atom stereocenters. The van der Waals surface area contributed by atoms with E-state index in [1.807, 2.05) is 35.5 Å². The summed E-state index contributed by atoms with van der Waals surface area (Å²) in [5, 5.41) is 3.00. The Labute approximate surface area is 137 Å². The molecule has 5 nitrogen and oxygen atoms in total. The lowest BCUT2D eigenvalue weighted by molar-refractivity contribution is 0.123. The standard InChI is InChI=1S/C18H24N4O/c1-14(2)17-19-10-11-22(17)16-12-21(13-16)18(23)20-9-8-15-6-4-3-5-7-15/h3-7,10-11,14,16H,8-9,12-13H2,1-2H3,(H,20,23). The van der Waals surface area contributed by atoms with Crippen LogP contribution in [0, 0.1) is 0 Å². The first-order chi connectivity index (χ1) is 11.1. The van der Waals surface area contributed by atoms with E-state index in [2.05, 4.69) is 40.8 Å². The second-order valence-electron chi connectivity index (χ2n) is 6.37. The van der Waals surface area contributed by atoms with Gasteiger partial charge in [-0.1, -0.05) is 44.2 Å². The highest BCUT2D eigenvalue weighted by Gasteiger charge is 2.32. The Morgan fingerprint density at radius 2 is 2.04 bits per heavy atom. The van der Waals surface area contributed by atoms with Gasteiger partial charge in [-0.05, 0) is 12.0 Å². The van der Waals surface area contributed by atoms with Gasteiger partial charge in [0, 0.05) is 37.9 Å². The summed E-state index contributed by atoms with van der Waals surface area (Å²) in [4.78, 5) is 18.4. The van der Waals surface area contributed by atoms with Gasteiger partial charge in [-0.2, -0.15) is 0 Å². The minimum atomic E-state index is 0.0309. The minimum Gasteiger partial charge on any atom is -0.338 e. The number of aromatic nitrogens is 2. The molecule has 0 spiro atoms. The smallest absolute Gasteiger partial charge is 0.317 e. The van der Waals surface area contributed by atoms with Crippen molar-refractivity contribution in [3.8, 4) is 0 Å². The van der Waals surface area contributed by atoms with Crippen molar-refractivity contribution in [3.63, 3.8) is 0 Å². The van der Waals surface area contributed by atoms with Crippen LogP contribution in [0.1, 0.15) is 37.2 Å². The third-order valence-electron chi connectivity index (χ3n) is 4.29. The van der Waals surface area contributed by atoms with Crippen LogP contribution in [0.2, 0.25) is 0 Å². The van der Waals surface area contributed by atoms with E-state index in [1.165, 1.54) is 5.56 Å². The van der Waals surface area contributed by atoms with Crippen molar-refractivity contribution in [1.82, 2.24) is 19.8 Å². The Morgan fingerprint density at radius 3 is 2.74 bits per heavy atom. The highest BCUT2D eigenvalue weighted by molar-refractivity contribution is 5.75. The second kappa shape index (κ2) is 6.86. The van der Waals surface area contributed by atoms with Crippen LogP contribution >= 0.6 is 0 Å². The Bertz CT molecular complexity index is 644. The molecule has 1 N–H and O–H groups in total. The van der Waals surface area contributed by atoms with Crippen LogP contribution in [0.3, 0.4) is 0 Å². The van der Waals surface area contributed by atoms with Crippen molar-refractivity contribution in [3.05, 3.63) is 54.1 Å². The van der Waals surface area contributed by atoms with Crippen molar-refractivity contribution >= 4 is 6.03 Å². The lowest BCUT2D eigenvalue weighted by atomic mass is 10.1. The van der Waals surface area contributed by atoms with Crippen LogP contribution in [0.5, 0.6) is 0 Å². The van der Waals surface area contributed by atoms with Gasteiger partial charge < -0.3 is 14.8 Å². The summed E-state index contributed by atoms with van der Waals surface area (Å²) in [6.45, 7) is 6.48. The van der Waals surface area contributed by atoms with Gasteiger partial charge >= 0.3 is 6.03 Å². The van der Waals surface area contributed by atoms with E-state index in [-0.39, 0.29) is 6.03 Å². The summed E-state index contributed by atoms with van der Waals surface area (Å²) in [7, 11) is 0. The van der Waals surface area contributed by atoms with E-state index < -0.39 is 0 Å². The molecule has 122 valence electrons. The molecule has 23 heavy (non-hydrogen) atoms. The lowest BCUT2D eigenvalue weighted by Crippen LogP contribution is -2.54. The number of hydrogen-bond acceptors (Lipinski definition) is 2. The molecule has 0 saturated carbocycles. The number of amides is 2. The van der Waals surface area contributed by atoms with Gasteiger partial charge in [-0.15, -0.1) is 0 Å². The molecule has 0 radical (unpaired) electrons. The summed E-state index contributed by atoms with van der Waals surface area (Å²) in [5.41, 5.74) is 1.24. The van der Waals surface area contributed by atoms with Crippen molar-refractivity contribution < 1.29 is 4.79 Å². The quantitative estimate of drug-likeness (QED) is 0.923. The third kappa shape index (κ3) is 3.55. The Balaban J connectivity index is 1.44. The maximum absolute atomic E-state index is 12.1. The molecule has 5 heteroatoms. The Hall–Kier alpha value is -2.30. The number of nitrogens with zero attached hydrogens (tertiary/aromatic N) is 3. The van der Waals surface area contributed by atoms with E-state index in [4.69, 9.17) is 0 Å². The van der Waals surface area contributed by atoms with Gasteiger partial charge in [0.05, 0.1) is 6.04 Å². The zero-order valence-electron chi connectivity index (χ0n) is 13.8. The highest BCUT2D eigenvalue weighted by atomic mass is 16.2. The van der Waals surface area contributed by atoms with Crippen LogP contribution in [0.25, 0.3) is 0 Å². The topological polar surface area (TPSA) is 50.2 Å². The second-order valence-corrected chi connectivity index (χ2v) is 6.37. The van der Waals surface area contributed by atoms with Crippen LogP contribution < -0.4 is 5.32 Å². The SMILES string of the molecule is CC(C)c1nccn1C1CN(C(=O)NCCc2ccccc2)C1. The van der Waals surface area contributed by atoms with Crippen LogP contribution in [-0.4, -0.2) is 40.1 Å². The number of rotatable bonds is 5. The molecule has 1 fully saturated rings. The van der Waals surface area contributed by atoms with Gasteiger partial charge in [0.15, 0.2) is 0 Å². The van der Waals surface area contributed by atoms with E-state index in [0.717, 1.165) is 25.3 Å². The number of hydrogen-bond donors (Lipinski definition) is 1. The largest absolute Gasteiger partial charge is 0.338 e. The van der Waals surface area contributed by atoms with Crippen LogP contribution in [0.15, 0.2) is 42.7 Å². The molecule has 0 atom stereocenters. The molecular formula is C18H24N4O. The molecular weight excluding hydrogens is 288 g/mol. The normalized spacial score (nSPS) is 14.8. The minimum absolute atomic E-state index is 0.0309. The first-order valence-electron chi connectivity index (χ1n) is 8.24. The fourth-order valence-corrected chi connectivity index (χ4v) is 2.95. The number of imidazole rings is 1. The van der Waals surface area contributed by atoms with Gasteiger partial charge in [-0.25, -0.2) is 9.78 Å². The molecule has 2 aromatic rings. The van der Waals surface area contributed by atoms with Gasteiger partial charge in [0.2, 0.25) is 0 Å². The van der Waals surface area contributed by atoms with Crippen molar-refractivity contribution in [2.45, 2.75) is 32.2 Å². The van der Waals surface area contributed by atoms with Crippen LogP contribution in [-0.2, 0) is 6.42 Å². The summed E-state index contributed by atoms with van der Waals surface area (Å²) < 4.78 is 2.21. The van der Waals surface area contributed by atoms with Crippen LogP contribution in [0.4, 0.5) is 4.79 Å². The molecule has 2 heterocycles. The average Bonchev–Trinajstić information content (AvgIpc) is 2.96.